The maximum absolute atomic E-state index is 3.78. The van der Waals surface area contributed by atoms with Crippen LogP contribution in [0.4, 0.5) is 0 Å². The first kappa shape index (κ1) is 16.0. The van der Waals surface area contributed by atoms with Crippen molar-refractivity contribution in [3.05, 3.63) is 0 Å². The number of hydrogen-bond donors (Lipinski definition) is 1. The van der Waals surface area contributed by atoms with Gasteiger partial charge in [-0.3, -0.25) is 4.90 Å². The summed E-state index contributed by atoms with van der Waals surface area (Å²) in [5.74, 6) is 0. The number of nitrogens with one attached hydrogen (secondary N) is 1. The minimum Gasteiger partial charge on any atom is -0.307 e. The van der Waals surface area contributed by atoms with Crippen LogP contribution < -0.4 is 5.32 Å². The minimum atomic E-state index is 0.239. The number of nitrogens with zero attached hydrogens (tertiary/aromatic N) is 1. The monoisotopic (exact) mass is 254 g/mol. The largest absolute Gasteiger partial charge is 0.307 e. The van der Waals surface area contributed by atoms with E-state index in [1.807, 2.05) is 0 Å². The summed E-state index contributed by atoms with van der Waals surface area (Å²) in [6.45, 7) is 16.4. The van der Waals surface area contributed by atoms with E-state index >= 15 is 0 Å². The predicted molar refractivity (Wildman–Crippen MR) is 81.1 cm³/mol. The van der Waals surface area contributed by atoms with Gasteiger partial charge in [0.25, 0.3) is 0 Å². The third-order valence-electron chi connectivity index (χ3n) is 5.09. The highest BCUT2D eigenvalue weighted by atomic mass is 15.2. The molecule has 0 aliphatic carbocycles. The van der Waals surface area contributed by atoms with Crippen LogP contribution in [0.15, 0.2) is 0 Å². The summed E-state index contributed by atoms with van der Waals surface area (Å²) in [6.07, 6.45) is 4.93. The van der Waals surface area contributed by atoms with Crippen molar-refractivity contribution >= 4 is 0 Å². The molecule has 2 heteroatoms. The van der Waals surface area contributed by atoms with Gasteiger partial charge in [0, 0.05) is 22.7 Å². The van der Waals surface area contributed by atoms with Gasteiger partial charge in [0.1, 0.15) is 0 Å². The van der Waals surface area contributed by atoms with E-state index in [9.17, 15) is 0 Å². The lowest BCUT2D eigenvalue weighted by atomic mass is 9.77. The second-order valence-electron chi connectivity index (χ2n) is 7.77. The van der Waals surface area contributed by atoms with Gasteiger partial charge < -0.3 is 5.32 Å². The summed E-state index contributed by atoms with van der Waals surface area (Å²) in [5, 5.41) is 3.78. The first-order chi connectivity index (χ1) is 8.05. The van der Waals surface area contributed by atoms with Crippen molar-refractivity contribution in [2.45, 2.75) is 96.8 Å². The lowest BCUT2D eigenvalue weighted by Crippen LogP contribution is -2.64. The van der Waals surface area contributed by atoms with Crippen LogP contribution in [0.3, 0.4) is 0 Å². The predicted octanol–water partition coefficient (Wildman–Crippen LogP) is 3.81. The van der Waals surface area contributed by atoms with E-state index in [-0.39, 0.29) is 11.1 Å². The molecule has 1 fully saturated rings. The fourth-order valence-electron chi connectivity index (χ4n) is 3.73. The molecule has 0 atom stereocenters. The Morgan fingerprint density at radius 3 is 1.78 bits per heavy atom. The highest BCUT2D eigenvalue weighted by Crippen LogP contribution is 2.35. The maximum atomic E-state index is 3.78. The fourth-order valence-corrected chi connectivity index (χ4v) is 3.73. The first-order valence-corrected chi connectivity index (χ1v) is 7.57. The van der Waals surface area contributed by atoms with Crippen LogP contribution in [0.1, 0.15) is 74.1 Å². The van der Waals surface area contributed by atoms with Crippen LogP contribution in [0.5, 0.6) is 0 Å². The molecule has 108 valence electrons. The molecule has 0 aromatic rings. The average molecular weight is 254 g/mol. The lowest BCUT2D eigenvalue weighted by molar-refractivity contribution is 0.0129. The van der Waals surface area contributed by atoms with E-state index in [4.69, 9.17) is 0 Å². The molecular weight excluding hydrogens is 220 g/mol. The molecular formula is C16H34N2. The quantitative estimate of drug-likeness (QED) is 0.821. The molecule has 0 saturated carbocycles. The molecule has 1 aliphatic rings. The topological polar surface area (TPSA) is 15.3 Å². The molecule has 1 aliphatic heterocycles. The van der Waals surface area contributed by atoms with Crippen LogP contribution in [0.25, 0.3) is 0 Å². The summed E-state index contributed by atoms with van der Waals surface area (Å²) in [4.78, 5) is 2.65. The van der Waals surface area contributed by atoms with Gasteiger partial charge in [0.2, 0.25) is 0 Å². The molecule has 0 aromatic heterocycles. The van der Waals surface area contributed by atoms with Crippen molar-refractivity contribution in [3.8, 4) is 0 Å². The molecule has 1 rings (SSSR count). The zero-order chi connectivity index (χ0) is 14.2. The van der Waals surface area contributed by atoms with Gasteiger partial charge in [0.15, 0.2) is 0 Å². The van der Waals surface area contributed by atoms with Crippen molar-refractivity contribution in [1.29, 1.82) is 0 Å². The Labute approximate surface area is 115 Å². The van der Waals surface area contributed by atoms with Gasteiger partial charge in [0.05, 0.1) is 0 Å². The van der Waals surface area contributed by atoms with E-state index in [1.54, 1.807) is 0 Å². The van der Waals surface area contributed by atoms with E-state index in [1.165, 1.54) is 25.7 Å². The smallest absolute Gasteiger partial charge is 0.0176 e. The Morgan fingerprint density at radius 2 is 1.44 bits per heavy atom. The van der Waals surface area contributed by atoms with E-state index in [0.29, 0.717) is 11.6 Å². The van der Waals surface area contributed by atoms with Gasteiger partial charge in [-0.15, -0.1) is 0 Å². The van der Waals surface area contributed by atoms with Crippen molar-refractivity contribution in [2.24, 2.45) is 0 Å². The first-order valence-electron chi connectivity index (χ1n) is 7.57. The summed E-state index contributed by atoms with van der Waals surface area (Å²) < 4.78 is 0. The summed E-state index contributed by atoms with van der Waals surface area (Å²) in [5.41, 5.74) is 0.820. The molecule has 0 bridgehead atoms. The number of rotatable bonds is 4. The Bertz CT molecular complexity index is 261. The van der Waals surface area contributed by atoms with Crippen molar-refractivity contribution < 1.29 is 0 Å². The minimum absolute atomic E-state index is 0.239. The van der Waals surface area contributed by atoms with E-state index in [0.717, 1.165) is 0 Å². The van der Waals surface area contributed by atoms with Crippen LogP contribution in [-0.4, -0.2) is 34.6 Å². The number of hydrogen-bond acceptors (Lipinski definition) is 2. The lowest BCUT2D eigenvalue weighted by Gasteiger charge is -2.53. The van der Waals surface area contributed by atoms with Crippen LogP contribution in [0.2, 0.25) is 0 Å². The van der Waals surface area contributed by atoms with Crippen molar-refractivity contribution in [1.82, 2.24) is 10.2 Å². The van der Waals surface area contributed by atoms with Gasteiger partial charge in [-0.05, 0) is 67.3 Å². The summed E-state index contributed by atoms with van der Waals surface area (Å²) in [6, 6.07) is 0.682. The van der Waals surface area contributed by atoms with Gasteiger partial charge in [-0.1, -0.05) is 13.8 Å². The molecule has 0 spiro atoms. The van der Waals surface area contributed by atoms with E-state index < -0.39 is 0 Å². The standard InChI is InChI=1S/C16H34N2/c1-9-16(7,10-2)18(8)13-11-14(3,4)17-15(5,6)12-13/h13,17H,9-12H2,1-8H3. The second-order valence-corrected chi connectivity index (χ2v) is 7.77. The Balaban J connectivity index is 2.89. The van der Waals surface area contributed by atoms with Gasteiger partial charge in [-0.2, -0.15) is 0 Å². The average Bonchev–Trinajstić information content (AvgIpc) is 2.22. The summed E-state index contributed by atoms with van der Waals surface area (Å²) in [7, 11) is 2.33. The Kier molecular flexibility index (Phi) is 4.55. The van der Waals surface area contributed by atoms with Crippen molar-refractivity contribution in [2.75, 3.05) is 7.05 Å². The maximum Gasteiger partial charge on any atom is 0.0176 e. The molecule has 18 heavy (non-hydrogen) atoms. The third-order valence-corrected chi connectivity index (χ3v) is 5.09. The zero-order valence-corrected chi connectivity index (χ0v) is 13.9. The molecule has 1 N–H and O–H groups in total. The van der Waals surface area contributed by atoms with E-state index in [2.05, 4.69) is 65.7 Å². The second kappa shape index (κ2) is 5.13. The highest BCUT2D eigenvalue weighted by Gasteiger charge is 2.42. The molecule has 0 radical (unpaired) electrons. The molecule has 1 heterocycles. The van der Waals surface area contributed by atoms with Gasteiger partial charge >= 0.3 is 0 Å². The SMILES string of the molecule is CCC(C)(CC)N(C)C1CC(C)(C)NC(C)(C)C1. The summed E-state index contributed by atoms with van der Waals surface area (Å²) >= 11 is 0. The zero-order valence-electron chi connectivity index (χ0n) is 13.9. The van der Waals surface area contributed by atoms with Crippen molar-refractivity contribution in [3.63, 3.8) is 0 Å². The van der Waals surface area contributed by atoms with Crippen LogP contribution >= 0.6 is 0 Å². The molecule has 0 amide bonds. The third kappa shape index (κ3) is 3.48. The number of piperidine rings is 1. The normalized spacial score (nSPS) is 24.5. The van der Waals surface area contributed by atoms with Gasteiger partial charge in [-0.25, -0.2) is 0 Å². The Morgan fingerprint density at radius 1 is 1.06 bits per heavy atom. The Hall–Kier alpha value is -0.0800. The molecule has 0 aromatic carbocycles. The van der Waals surface area contributed by atoms with Crippen LogP contribution in [-0.2, 0) is 0 Å². The molecule has 0 unspecified atom stereocenters. The molecule has 2 nitrogen and oxygen atoms in total. The highest BCUT2D eigenvalue weighted by molar-refractivity contribution is 5.02. The molecule has 1 saturated heterocycles. The fraction of sp³-hybridized carbons (Fsp3) is 1.00. The van der Waals surface area contributed by atoms with Crippen LogP contribution in [0, 0.1) is 0 Å².